The molecular formula is C12H11F2NO3. The number of hydrogen-bond acceptors (Lipinski definition) is 4. The molecule has 0 aliphatic rings. The molecule has 0 saturated heterocycles. The van der Waals surface area contributed by atoms with E-state index in [2.05, 4.69) is 9.47 Å². The molecule has 1 aromatic rings. The molecule has 0 saturated carbocycles. The minimum Gasteiger partial charge on any atom is -0.465 e. The van der Waals surface area contributed by atoms with Gasteiger partial charge in [-0.3, -0.25) is 0 Å². The topological polar surface area (TPSA) is 59.3 Å². The molecular weight excluding hydrogens is 244 g/mol. The van der Waals surface area contributed by atoms with Crippen molar-refractivity contribution in [1.29, 1.82) is 5.26 Å². The molecule has 0 aliphatic carbocycles. The van der Waals surface area contributed by atoms with E-state index in [0.717, 1.165) is 7.11 Å². The first-order chi connectivity index (χ1) is 8.54. The van der Waals surface area contributed by atoms with Crippen LogP contribution in [0.5, 0.6) is 5.75 Å². The highest BCUT2D eigenvalue weighted by Crippen LogP contribution is 2.27. The lowest BCUT2D eigenvalue weighted by molar-refractivity contribution is -0.0501. The fraction of sp³-hybridized carbons (Fsp3) is 0.333. The van der Waals surface area contributed by atoms with Crippen molar-refractivity contribution in [2.24, 2.45) is 0 Å². The van der Waals surface area contributed by atoms with E-state index in [1.807, 2.05) is 0 Å². The Morgan fingerprint density at radius 3 is 2.61 bits per heavy atom. The maximum atomic E-state index is 12.2. The van der Waals surface area contributed by atoms with Crippen LogP contribution in [-0.4, -0.2) is 19.7 Å². The summed E-state index contributed by atoms with van der Waals surface area (Å²) in [6.07, 6.45) is 0.466. The van der Waals surface area contributed by atoms with Gasteiger partial charge in [0.15, 0.2) is 0 Å². The first-order valence-electron chi connectivity index (χ1n) is 5.14. The molecule has 0 atom stereocenters. The van der Waals surface area contributed by atoms with Gasteiger partial charge in [-0.15, -0.1) is 0 Å². The molecule has 0 bridgehead atoms. The van der Waals surface area contributed by atoms with Crippen LogP contribution < -0.4 is 4.74 Å². The number of aryl methyl sites for hydroxylation is 1. The smallest absolute Gasteiger partial charge is 0.387 e. The molecule has 4 nitrogen and oxygen atoms in total. The Hall–Kier alpha value is -2.16. The zero-order valence-electron chi connectivity index (χ0n) is 9.87. The number of methoxy groups -OCH3 is 1. The molecule has 0 N–H and O–H groups in total. The third kappa shape index (κ3) is 2.74. The number of carbonyl (C=O) groups is 1. The van der Waals surface area contributed by atoms with Crippen molar-refractivity contribution in [3.8, 4) is 11.8 Å². The first-order valence-corrected chi connectivity index (χ1v) is 5.14. The van der Waals surface area contributed by atoms with Gasteiger partial charge in [0.2, 0.25) is 0 Å². The largest absolute Gasteiger partial charge is 0.465 e. The molecule has 0 aliphatic heterocycles. The number of hydrogen-bond donors (Lipinski definition) is 0. The molecule has 0 heterocycles. The second-order valence-electron chi connectivity index (χ2n) is 3.31. The Morgan fingerprint density at radius 2 is 2.17 bits per heavy atom. The van der Waals surface area contributed by atoms with E-state index in [-0.39, 0.29) is 16.9 Å². The van der Waals surface area contributed by atoms with Crippen LogP contribution in [0.1, 0.15) is 28.4 Å². The van der Waals surface area contributed by atoms with E-state index in [9.17, 15) is 13.6 Å². The summed E-state index contributed by atoms with van der Waals surface area (Å²) < 4.78 is 33.1. The number of nitrogens with zero attached hydrogens (tertiary/aromatic N) is 1. The molecule has 0 aromatic heterocycles. The second-order valence-corrected chi connectivity index (χ2v) is 3.31. The average molecular weight is 255 g/mol. The Labute approximate surface area is 103 Å². The monoisotopic (exact) mass is 255 g/mol. The van der Waals surface area contributed by atoms with E-state index in [4.69, 9.17) is 5.26 Å². The Kier molecular flexibility index (Phi) is 4.60. The van der Waals surface area contributed by atoms with Gasteiger partial charge in [0.1, 0.15) is 17.4 Å². The van der Waals surface area contributed by atoms with Crippen molar-refractivity contribution in [1.82, 2.24) is 0 Å². The molecule has 0 amide bonds. The average Bonchev–Trinajstić information content (AvgIpc) is 2.36. The first kappa shape index (κ1) is 13.9. The second kappa shape index (κ2) is 5.96. The van der Waals surface area contributed by atoms with E-state index in [1.165, 1.54) is 12.1 Å². The van der Waals surface area contributed by atoms with Gasteiger partial charge in [0.05, 0.1) is 12.7 Å². The predicted octanol–water partition coefficient (Wildman–Crippen LogP) is 2.51. The highest BCUT2D eigenvalue weighted by molar-refractivity contribution is 5.94. The number of benzene rings is 1. The predicted molar refractivity (Wildman–Crippen MR) is 58.5 cm³/mol. The van der Waals surface area contributed by atoms with Gasteiger partial charge in [0, 0.05) is 0 Å². The number of carbonyl (C=O) groups excluding carboxylic acids is 1. The summed E-state index contributed by atoms with van der Waals surface area (Å²) in [4.78, 5) is 11.6. The normalized spacial score (nSPS) is 10.0. The standard InChI is InChI=1S/C12H11F2NO3/c1-3-7-4-5-9(18-12(13)14)8(6-15)10(7)11(16)17-2/h4-5,12H,3H2,1-2H3. The van der Waals surface area contributed by atoms with Gasteiger partial charge in [-0.25, -0.2) is 4.79 Å². The number of alkyl halides is 2. The van der Waals surface area contributed by atoms with Gasteiger partial charge in [-0.05, 0) is 18.1 Å². The molecule has 6 heteroatoms. The fourth-order valence-corrected chi connectivity index (χ4v) is 1.56. The third-order valence-corrected chi connectivity index (χ3v) is 2.35. The Balaban J connectivity index is 3.43. The Morgan fingerprint density at radius 1 is 1.50 bits per heavy atom. The summed E-state index contributed by atoms with van der Waals surface area (Å²) in [5.41, 5.74) is 0.280. The van der Waals surface area contributed by atoms with Crippen LogP contribution in [0.2, 0.25) is 0 Å². The quantitative estimate of drug-likeness (QED) is 0.775. The van der Waals surface area contributed by atoms with Crippen LogP contribution in [-0.2, 0) is 11.2 Å². The summed E-state index contributed by atoms with van der Waals surface area (Å²) in [5, 5.41) is 8.99. The maximum Gasteiger partial charge on any atom is 0.387 e. The SMILES string of the molecule is CCc1ccc(OC(F)F)c(C#N)c1C(=O)OC. The lowest BCUT2D eigenvalue weighted by Gasteiger charge is -2.12. The van der Waals surface area contributed by atoms with Gasteiger partial charge >= 0.3 is 12.6 Å². The van der Waals surface area contributed by atoms with E-state index >= 15 is 0 Å². The summed E-state index contributed by atoms with van der Waals surface area (Å²) in [6.45, 7) is -1.29. The van der Waals surface area contributed by atoms with Gasteiger partial charge in [0.25, 0.3) is 0 Å². The number of rotatable bonds is 4. The maximum absolute atomic E-state index is 12.2. The highest BCUT2D eigenvalue weighted by Gasteiger charge is 2.21. The van der Waals surface area contributed by atoms with Crippen LogP contribution >= 0.6 is 0 Å². The molecule has 96 valence electrons. The lowest BCUT2D eigenvalue weighted by Crippen LogP contribution is -2.11. The van der Waals surface area contributed by atoms with Crippen molar-refractivity contribution in [2.45, 2.75) is 20.0 Å². The molecule has 0 radical (unpaired) electrons. The zero-order valence-corrected chi connectivity index (χ0v) is 9.87. The molecule has 1 rings (SSSR count). The van der Waals surface area contributed by atoms with Crippen molar-refractivity contribution in [3.63, 3.8) is 0 Å². The van der Waals surface area contributed by atoms with Gasteiger partial charge < -0.3 is 9.47 Å². The number of nitriles is 1. The van der Waals surface area contributed by atoms with E-state index in [1.54, 1.807) is 13.0 Å². The lowest BCUT2D eigenvalue weighted by atomic mass is 9.99. The number of esters is 1. The van der Waals surface area contributed by atoms with Gasteiger partial charge in [-0.2, -0.15) is 14.0 Å². The zero-order chi connectivity index (χ0) is 13.7. The summed E-state index contributed by atoms with van der Waals surface area (Å²) in [5.74, 6) is -1.08. The van der Waals surface area contributed by atoms with Crippen LogP contribution in [0.3, 0.4) is 0 Å². The fourth-order valence-electron chi connectivity index (χ4n) is 1.56. The van der Waals surface area contributed by atoms with Crippen molar-refractivity contribution in [3.05, 3.63) is 28.8 Å². The Bertz CT molecular complexity index is 495. The minimum absolute atomic E-state index is 0.0272. The van der Waals surface area contributed by atoms with Crippen LogP contribution in [0.4, 0.5) is 8.78 Å². The third-order valence-electron chi connectivity index (χ3n) is 2.35. The van der Waals surface area contributed by atoms with E-state index in [0.29, 0.717) is 12.0 Å². The summed E-state index contributed by atoms with van der Waals surface area (Å²) in [6, 6.07) is 4.41. The minimum atomic E-state index is -3.06. The van der Waals surface area contributed by atoms with Crippen LogP contribution in [0.25, 0.3) is 0 Å². The highest BCUT2D eigenvalue weighted by atomic mass is 19.3. The van der Waals surface area contributed by atoms with Crippen LogP contribution in [0, 0.1) is 11.3 Å². The molecule has 1 aromatic carbocycles. The summed E-state index contributed by atoms with van der Waals surface area (Å²) in [7, 11) is 1.16. The number of halogens is 2. The van der Waals surface area contributed by atoms with Crippen molar-refractivity contribution >= 4 is 5.97 Å². The summed E-state index contributed by atoms with van der Waals surface area (Å²) >= 11 is 0. The molecule has 0 unspecified atom stereocenters. The van der Waals surface area contributed by atoms with E-state index < -0.39 is 12.6 Å². The van der Waals surface area contributed by atoms with Gasteiger partial charge in [-0.1, -0.05) is 13.0 Å². The molecule has 0 fully saturated rings. The molecule has 18 heavy (non-hydrogen) atoms. The van der Waals surface area contributed by atoms with Crippen molar-refractivity contribution < 1.29 is 23.0 Å². The van der Waals surface area contributed by atoms with Crippen LogP contribution in [0.15, 0.2) is 12.1 Å². The van der Waals surface area contributed by atoms with Crippen molar-refractivity contribution in [2.75, 3.05) is 7.11 Å². The molecule has 0 spiro atoms. The number of ether oxygens (including phenoxy) is 2.